The van der Waals surface area contributed by atoms with Crippen molar-refractivity contribution in [3.05, 3.63) is 29.0 Å². The Kier molecular flexibility index (Phi) is 3.37. The average molecular weight is 296 g/mol. The van der Waals surface area contributed by atoms with Crippen LogP contribution < -0.4 is 5.32 Å². The molecule has 1 N–H and O–H groups in total. The zero-order chi connectivity index (χ0) is 14.2. The minimum absolute atomic E-state index is 0.0240. The van der Waals surface area contributed by atoms with Gasteiger partial charge in [0.05, 0.1) is 12.3 Å². The number of nitrogens with zero attached hydrogens (tertiary/aromatic N) is 1. The molecule has 0 unspecified atom stereocenters. The summed E-state index contributed by atoms with van der Waals surface area (Å²) in [5.74, 6) is 1.02. The summed E-state index contributed by atoms with van der Waals surface area (Å²) in [4.78, 5) is 11.7. The number of amides is 1. The Labute approximate surface area is 117 Å². The highest BCUT2D eigenvalue weighted by Crippen LogP contribution is 2.40. The van der Waals surface area contributed by atoms with Gasteiger partial charge in [0.25, 0.3) is 0 Å². The standard InChI is InChI=1S/C13H16N2O4S/c16-13(5-9-3-4-20(17,18)8-9)14-7-11-6-12(19-15-11)10-1-2-10/h3-4,6,9-10H,1-2,5,7-8H2,(H,14,16)/t9-/m0/s1. The van der Waals surface area contributed by atoms with Crippen LogP contribution in [-0.4, -0.2) is 25.2 Å². The molecule has 0 radical (unpaired) electrons. The summed E-state index contributed by atoms with van der Waals surface area (Å²) in [7, 11) is -3.10. The Morgan fingerprint density at radius 1 is 1.45 bits per heavy atom. The maximum atomic E-state index is 11.7. The molecule has 20 heavy (non-hydrogen) atoms. The van der Waals surface area contributed by atoms with Crippen LogP contribution in [0.1, 0.15) is 36.6 Å². The van der Waals surface area contributed by atoms with Crippen molar-refractivity contribution in [1.82, 2.24) is 10.5 Å². The Balaban J connectivity index is 1.46. The Morgan fingerprint density at radius 3 is 2.90 bits per heavy atom. The second kappa shape index (κ2) is 5.05. The molecule has 1 aromatic heterocycles. The third-order valence-electron chi connectivity index (χ3n) is 3.48. The lowest BCUT2D eigenvalue weighted by Crippen LogP contribution is -2.25. The van der Waals surface area contributed by atoms with Gasteiger partial charge in [0.1, 0.15) is 11.5 Å². The Bertz CT molecular complexity index is 643. The highest BCUT2D eigenvalue weighted by atomic mass is 32.2. The monoisotopic (exact) mass is 296 g/mol. The minimum Gasteiger partial charge on any atom is -0.361 e. The predicted molar refractivity (Wildman–Crippen MR) is 71.4 cm³/mol. The van der Waals surface area contributed by atoms with Gasteiger partial charge in [0, 0.05) is 29.7 Å². The van der Waals surface area contributed by atoms with Crippen LogP contribution in [0.3, 0.4) is 0 Å². The molecule has 1 aromatic rings. The fourth-order valence-electron chi connectivity index (χ4n) is 2.24. The number of hydrogen-bond acceptors (Lipinski definition) is 5. The first-order chi connectivity index (χ1) is 9.52. The van der Waals surface area contributed by atoms with Crippen LogP contribution >= 0.6 is 0 Å². The zero-order valence-electron chi connectivity index (χ0n) is 10.9. The van der Waals surface area contributed by atoms with Gasteiger partial charge in [-0.05, 0) is 12.8 Å². The topological polar surface area (TPSA) is 89.3 Å². The first-order valence-electron chi connectivity index (χ1n) is 6.65. The number of carbonyl (C=O) groups is 1. The minimum atomic E-state index is -3.10. The SMILES string of the molecule is O=C(C[C@@H]1C=CS(=O)(=O)C1)NCc1cc(C2CC2)on1. The zero-order valence-corrected chi connectivity index (χ0v) is 11.7. The number of aromatic nitrogens is 1. The van der Waals surface area contributed by atoms with Gasteiger partial charge >= 0.3 is 0 Å². The van der Waals surface area contributed by atoms with Gasteiger partial charge in [0.2, 0.25) is 5.91 Å². The van der Waals surface area contributed by atoms with E-state index >= 15 is 0 Å². The van der Waals surface area contributed by atoms with Crippen molar-refractivity contribution >= 4 is 15.7 Å². The summed E-state index contributed by atoms with van der Waals surface area (Å²) in [5, 5.41) is 7.83. The number of sulfone groups is 1. The predicted octanol–water partition coefficient (Wildman–Crippen LogP) is 1.12. The van der Waals surface area contributed by atoms with Crippen molar-refractivity contribution in [3.63, 3.8) is 0 Å². The van der Waals surface area contributed by atoms with E-state index in [1.165, 1.54) is 5.41 Å². The molecule has 108 valence electrons. The fraction of sp³-hybridized carbons (Fsp3) is 0.538. The molecule has 1 aliphatic carbocycles. The lowest BCUT2D eigenvalue weighted by molar-refractivity contribution is -0.121. The maximum absolute atomic E-state index is 11.7. The van der Waals surface area contributed by atoms with Gasteiger partial charge in [-0.15, -0.1) is 0 Å². The molecule has 7 heteroatoms. The Morgan fingerprint density at radius 2 is 2.25 bits per heavy atom. The van der Waals surface area contributed by atoms with Crippen molar-refractivity contribution in [3.8, 4) is 0 Å². The second-order valence-electron chi connectivity index (χ2n) is 5.39. The normalized spacial score (nSPS) is 23.9. The van der Waals surface area contributed by atoms with E-state index in [1.54, 1.807) is 6.08 Å². The van der Waals surface area contributed by atoms with Gasteiger partial charge in [-0.25, -0.2) is 8.42 Å². The van der Waals surface area contributed by atoms with Crippen LogP contribution in [0, 0.1) is 5.92 Å². The van der Waals surface area contributed by atoms with Crippen LogP contribution in [0.5, 0.6) is 0 Å². The summed E-state index contributed by atoms with van der Waals surface area (Å²) in [6, 6.07) is 1.87. The van der Waals surface area contributed by atoms with E-state index < -0.39 is 9.84 Å². The lowest BCUT2D eigenvalue weighted by Gasteiger charge is -2.06. The molecule has 2 aliphatic rings. The van der Waals surface area contributed by atoms with Crippen LogP contribution in [0.2, 0.25) is 0 Å². The van der Waals surface area contributed by atoms with E-state index in [1.807, 2.05) is 6.07 Å². The molecule has 1 aliphatic heterocycles. The van der Waals surface area contributed by atoms with Crippen LogP contribution in [0.4, 0.5) is 0 Å². The van der Waals surface area contributed by atoms with Gasteiger partial charge in [-0.3, -0.25) is 4.79 Å². The number of rotatable bonds is 5. The highest BCUT2D eigenvalue weighted by molar-refractivity contribution is 7.94. The van der Waals surface area contributed by atoms with Crippen LogP contribution in [-0.2, 0) is 21.2 Å². The summed E-state index contributed by atoms with van der Waals surface area (Å²) in [6.45, 7) is 0.318. The van der Waals surface area contributed by atoms with Gasteiger partial charge in [-0.2, -0.15) is 0 Å². The molecule has 0 aromatic carbocycles. The molecular formula is C13H16N2O4S. The van der Waals surface area contributed by atoms with Crippen molar-refractivity contribution in [1.29, 1.82) is 0 Å². The Hall–Kier alpha value is -1.63. The second-order valence-corrected chi connectivity index (χ2v) is 7.33. The summed E-state index contributed by atoms with van der Waals surface area (Å²) < 4.78 is 27.7. The van der Waals surface area contributed by atoms with Gasteiger partial charge in [-0.1, -0.05) is 11.2 Å². The fourth-order valence-corrected chi connectivity index (χ4v) is 3.64. The van der Waals surface area contributed by atoms with Crippen molar-refractivity contribution < 1.29 is 17.7 Å². The molecule has 0 bridgehead atoms. The molecule has 1 fully saturated rings. The lowest BCUT2D eigenvalue weighted by atomic mass is 10.1. The van der Waals surface area contributed by atoms with Crippen molar-refractivity contribution in [2.24, 2.45) is 5.92 Å². The molecule has 2 heterocycles. The van der Waals surface area contributed by atoms with Gasteiger partial charge < -0.3 is 9.84 Å². The summed E-state index contributed by atoms with van der Waals surface area (Å²) in [6.07, 6.45) is 4.05. The number of allylic oxidation sites excluding steroid dienone is 1. The first-order valence-corrected chi connectivity index (χ1v) is 8.36. The van der Waals surface area contributed by atoms with Gasteiger partial charge in [0.15, 0.2) is 9.84 Å². The molecule has 6 nitrogen and oxygen atoms in total. The third kappa shape index (κ3) is 3.27. The number of nitrogens with one attached hydrogen (secondary N) is 1. The number of carbonyl (C=O) groups excluding carboxylic acids is 1. The molecule has 0 spiro atoms. The van der Waals surface area contributed by atoms with Crippen LogP contribution in [0.15, 0.2) is 22.1 Å². The van der Waals surface area contributed by atoms with E-state index in [9.17, 15) is 13.2 Å². The smallest absolute Gasteiger partial charge is 0.220 e. The first kappa shape index (κ1) is 13.4. The van der Waals surface area contributed by atoms with E-state index in [-0.39, 0.29) is 24.0 Å². The largest absolute Gasteiger partial charge is 0.361 e. The average Bonchev–Trinajstić information content (AvgIpc) is 3.03. The highest BCUT2D eigenvalue weighted by Gasteiger charge is 2.28. The number of hydrogen-bond donors (Lipinski definition) is 1. The third-order valence-corrected chi connectivity index (χ3v) is 4.94. The molecule has 0 saturated heterocycles. The van der Waals surface area contributed by atoms with Crippen molar-refractivity contribution in [2.75, 3.05) is 5.75 Å². The molecule has 1 atom stereocenters. The molecule has 1 amide bonds. The quantitative estimate of drug-likeness (QED) is 0.879. The summed E-state index contributed by atoms with van der Waals surface area (Å²) in [5.41, 5.74) is 0.704. The van der Waals surface area contributed by atoms with Crippen molar-refractivity contribution in [2.45, 2.75) is 31.7 Å². The molecule has 3 rings (SSSR count). The van der Waals surface area contributed by atoms with E-state index in [0.29, 0.717) is 18.2 Å². The van der Waals surface area contributed by atoms with E-state index in [2.05, 4.69) is 10.5 Å². The summed E-state index contributed by atoms with van der Waals surface area (Å²) >= 11 is 0. The van der Waals surface area contributed by atoms with Crippen LogP contribution in [0.25, 0.3) is 0 Å². The molecule has 1 saturated carbocycles. The van der Waals surface area contributed by atoms with E-state index in [0.717, 1.165) is 18.6 Å². The van der Waals surface area contributed by atoms with E-state index in [4.69, 9.17) is 4.52 Å². The molecular weight excluding hydrogens is 280 g/mol. The maximum Gasteiger partial charge on any atom is 0.220 e.